The van der Waals surface area contributed by atoms with E-state index in [0.717, 1.165) is 21.3 Å². The largest absolute Gasteiger partial charge is 0.393 e. The van der Waals surface area contributed by atoms with Crippen molar-refractivity contribution in [3.05, 3.63) is 57.6 Å². The van der Waals surface area contributed by atoms with Crippen LogP contribution in [0.25, 0.3) is 10.2 Å². The van der Waals surface area contributed by atoms with Crippen LogP contribution >= 0.6 is 22.9 Å². The fraction of sp³-hybridized carbons (Fsp3) is 0.300. The normalized spacial score (nSPS) is 19.2. The van der Waals surface area contributed by atoms with Crippen molar-refractivity contribution < 1.29 is 19.8 Å². The molecule has 0 unspecified atom stereocenters. The number of aromatic nitrogens is 1. The van der Waals surface area contributed by atoms with E-state index in [1.165, 1.54) is 16.2 Å². The minimum Gasteiger partial charge on any atom is -0.393 e. The van der Waals surface area contributed by atoms with Crippen molar-refractivity contribution in [3.63, 3.8) is 0 Å². The van der Waals surface area contributed by atoms with Crippen molar-refractivity contribution in [2.24, 2.45) is 0 Å². The van der Waals surface area contributed by atoms with Crippen molar-refractivity contribution >= 4 is 45.0 Å². The van der Waals surface area contributed by atoms with Gasteiger partial charge in [-0.15, -0.1) is 11.3 Å². The lowest BCUT2D eigenvalue weighted by molar-refractivity contribution is -0.143. The van der Waals surface area contributed by atoms with Crippen molar-refractivity contribution in [2.45, 2.75) is 24.6 Å². The lowest BCUT2D eigenvalue weighted by Crippen LogP contribution is -2.48. The molecule has 3 aromatic rings. The highest BCUT2D eigenvalue weighted by Gasteiger charge is 2.39. The van der Waals surface area contributed by atoms with E-state index in [4.69, 9.17) is 16.7 Å². The maximum absolute atomic E-state index is 12.9. The topological polar surface area (TPSA) is 106 Å². The number of benzene rings is 1. The number of aliphatic hydroxyl groups excluding tert-OH is 2. The molecule has 4 N–H and O–H groups in total. The van der Waals surface area contributed by atoms with E-state index in [1.54, 1.807) is 19.2 Å². The highest BCUT2D eigenvalue weighted by Crippen LogP contribution is 2.36. The van der Waals surface area contributed by atoms with E-state index in [2.05, 4.69) is 10.3 Å². The predicted molar refractivity (Wildman–Crippen MR) is 111 cm³/mol. The van der Waals surface area contributed by atoms with Crippen LogP contribution in [0.1, 0.15) is 27.7 Å². The molecule has 1 aliphatic carbocycles. The van der Waals surface area contributed by atoms with Crippen molar-refractivity contribution in [2.75, 3.05) is 13.7 Å². The number of likely N-dealkylation sites (N-methyl/N-ethyl adjacent to an activating group) is 1. The Hall–Kier alpha value is -2.39. The molecule has 1 aromatic carbocycles. The Balaban J connectivity index is 1.59. The van der Waals surface area contributed by atoms with Crippen LogP contribution in [-0.2, 0) is 11.2 Å². The summed E-state index contributed by atoms with van der Waals surface area (Å²) in [7, 11) is 1.57. The number of thiophene rings is 1. The summed E-state index contributed by atoms with van der Waals surface area (Å²) >= 11 is 7.35. The highest BCUT2D eigenvalue weighted by molar-refractivity contribution is 7.22. The molecule has 0 bridgehead atoms. The average molecular weight is 434 g/mol. The molecule has 0 aliphatic heterocycles. The summed E-state index contributed by atoms with van der Waals surface area (Å²) in [5, 5.41) is 22.8. The standard InChI is InChI=1S/C20H20ClN3O4S/c1-24(20(28)15(26)9-25)17-12-5-3-2-4-10(12)6-13(17)22-18(27)14-7-11-8-16(21)29-19(11)23-14/h2-5,7-8,13,15,17,23,25-26H,6,9H2,1H3,(H,22,27)/t13-,15-,17-/m1/s1. The number of aromatic amines is 1. The number of carbonyl (C=O) groups excluding carboxylic acids is 2. The molecule has 0 saturated heterocycles. The zero-order valence-corrected chi connectivity index (χ0v) is 17.1. The van der Waals surface area contributed by atoms with Crippen LogP contribution in [0.15, 0.2) is 36.4 Å². The fourth-order valence-electron chi connectivity index (χ4n) is 3.89. The molecule has 0 saturated carbocycles. The zero-order chi connectivity index (χ0) is 20.7. The van der Waals surface area contributed by atoms with Gasteiger partial charge in [-0.2, -0.15) is 0 Å². The Morgan fingerprint density at radius 1 is 1.38 bits per heavy atom. The summed E-state index contributed by atoms with van der Waals surface area (Å²) in [6.07, 6.45) is -0.940. The molecule has 2 aromatic heterocycles. The Morgan fingerprint density at radius 2 is 2.14 bits per heavy atom. The SMILES string of the molecule is CN(C(=O)[C@H](O)CO)[C@@H]1c2ccccc2C[C@H]1NC(=O)c1cc2cc(Cl)sc2[nH]1. The molecule has 29 heavy (non-hydrogen) atoms. The number of aliphatic hydroxyl groups is 2. The van der Waals surface area contributed by atoms with Crippen LogP contribution in [0.2, 0.25) is 4.34 Å². The van der Waals surface area contributed by atoms with E-state index in [-0.39, 0.29) is 11.9 Å². The molecule has 0 spiro atoms. The number of amides is 2. The first kappa shape index (κ1) is 19.9. The number of nitrogens with one attached hydrogen (secondary N) is 2. The number of hydrogen-bond donors (Lipinski definition) is 4. The smallest absolute Gasteiger partial charge is 0.268 e. The third-order valence-electron chi connectivity index (χ3n) is 5.26. The molecule has 2 heterocycles. The number of carbonyl (C=O) groups is 2. The molecule has 2 amide bonds. The van der Waals surface area contributed by atoms with Crippen molar-refractivity contribution in [1.29, 1.82) is 0 Å². The van der Waals surface area contributed by atoms with Gasteiger partial charge in [0.1, 0.15) is 10.5 Å². The van der Waals surface area contributed by atoms with E-state index < -0.39 is 24.7 Å². The summed E-state index contributed by atoms with van der Waals surface area (Å²) in [5.74, 6) is -0.876. The van der Waals surface area contributed by atoms with Gasteiger partial charge in [-0.05, 0) is 29.7 Å². The van der Waals surface area contributed by atoms with Crippen LogP contribution in [0, 0.1) is 0 Å². The van der Waals surface area contributed by atoms with Gasteiger partial charge in [0.25, 0.3) is 11.8 Å². The van der Waals surface area contributed by atoms with Gasteiger partial charge in [0.05, 0.1) is 23.0 Å². The molecule has 3 atom stereocenters. The summed E-state index contributed by atoms with van der Waals surface area (Å²) in [5.41, 5.74) is 2.36. The second-order valence-corrected chi connectivity index (χ2v) is 8.78. The van der Waals surface area contributed by atoms with Gasteiger partial charge in [-0.1, -0.05) is 35.9 Å². The van der Waals surface area contributed by atoms with Gasteiger partial charge < -0.3 is 25.4 Å². The first-order chi connectivity index (χ1) is 13.9. The first-order valence-corrected chi connectivity index (χ1v) is 10.3. The van der Waals surface area contributed by atoms with E-state index in [9.17, 15) is 14.7 Å². The molecule has 0 fully saturated rings. The van der Waals surface area contributed by atoms with Crippen LogP contribution in [-0.4, -0.2) is 57.7 Å². The summed E-state index contributed by atoms with van der Waals surface area (Å²) < 4.78 is 0.645. The molecule has 9 heteroatoms. The van der Waals surface area contributed by atoms with Gasteiger partial charge >= 0.3 is 0 Å². The second kappa shape index (κ2) is 7.79. The number of fused-ring (bicyclic) bond motifs is 2. The number of nitrogens with zero attached hydrogens (tertiary/aromatic N) is 1. The highest BCUT2D eigenvalue weighted by atomic mass is 35.5. The second-order valence-electron chi connectivity index (χ2n) is 7.09. The van der Waals surface area contributed by atoms with Gasteiger partial charge in [0.2, 0.25) is 0 Å². The van der Waals surface area contributed by atoms with Gasteiger partial charge in [-0.25, -0.2) is 0 Å². The summed E-state index contributed by atoms with van der Waals surface area (Å²) in [6.45, 7) is -0.656. The summed E-state index contributed by atoms with van der Waals surface area (Å²) in [6, 6.07) is 10.4. The number of H-pyrrole nitrogens is 1. The molecular weight excluding hydrogens is 414 g/mol. The van der Waals surface area contributed by atoms with Crippen molar-refractivity contribution in [3.8, 4) is 0 Å². The van der Waals surface area contributed by atoms with Crippen molar-refractivity contribution in [1.82, 2.24) is 15.2 Å². The number of rotatable bonds is 5. The maximum Gasteiger partial charge on any atom is 0.268 e. The third kappa shape index (κ3) is 3.64. The van der Waals surface area contributed by atoms with Crippen LogP contribution in [0.3, 0.4) is 0 Å². The summed E-state index contributed by atoms with van der Waals surface area (Å²) in [4.78, 5) is 30.6. The van der Waals surface area contributed by atoms with E-state index >= 15 is 0 Å². The predicted octanol–water partition coefficient (Wildman–Crippen LogP) is 2.09. The molecule has 0 radical (unpaired) electrons. The lowest BCUT2D eigenvalue weighted by Gasteiger charge is -2.32. The molecule has 1 aliphatic rings. The minimum absolute atomic E-state index is 0.282. The maximum atomic E-state index is 12.9. The molecule has 4 rings (SSSR count). The Morgan fingerprint density at radius 3 is 2.86 bits per heavy atom. The van der Waals surface area contributed by atoms with Crippen LogP contribution in [0.5, 0.6) is 0 Å². The lowest BCUT2D eigenvalue weighted by atomic mass is 10.0. The minimum atomic E-state index is -1.50. The molecular formula is C20H20ClN3O4S. The van der Waals surface area contributed by atoms with Crippen LogP contribution in [0.4, 0.5) is 0 Å². The van der Waals surface area contributed by atoms with E-state index in [0.29, 0.717) is 16.5 Å². The first-order valence-electron chi connectivity index (χ1n) is 9.11. The van der Waals surface area contributed by atoms with E-state index in [1.807, 2.05) is 24.3 Å². The third-order valence-corrected chi connectivity index (χ3v) is 6.45. The average Bonchev–Trinajstić information content (AvgIpc) is 3.36. The van der Waals surface area contributed by atoms with Gasteiger partial charge in [-0.3, -0.25) is 9.59 Å². The Bertz CT molecular complexity index is 1050. The van der Waals surface area contributed by atoms with Crippen LogP contribution < -0.4 is 5.32 Å². The Kier molecular flexibility index (Phi) is 5.35. The Labute approximate surface area is 175 Å². The van der Waals surface area contributed by atoms with Gasteiger partial charge in [0.15, 0.2) is 6.10 Å². The monoisotopic (exact) mass is 433 g/mol. The number of halogens is 1. The molecule has 152 valence electrons. The number of hydrogen-bond acceptors (Lipinski definition) is 5. The zero-order valence-electron chi connectivity index (χ0n) is 15.6. The molecule has 7 nitrogen and oxygen atoms in total. The quantitative estimate of drug-likeness (QED) is 0.494. The fourth-order valence-corrected chi connectivity index (χ4v) is 5.02. The van der Waals surface area contributed by atoms with Gasteiger partial charge in [0, 0.05) is 12.4 Å².